The molecule has 0 aromatic heterocycles. The zero-order valence-corrected chi connectivity index (χ0v) is 26.2. The number of hydrogen-bond acceptors (Lipinski definition) is 6. The summed E-state index contributed by atoms with van der Waals surface area (Å²) < 4.78 is 10.9. The first kappa shape index (κ1) is 31.5. The number of nitrogens with two attached hydrogens (primary N) is 1. The van der Waals surface area contributed by atoms with Gasteiger partial charge in [0.05, 0.1) is 14.2 Å². The number of nitrogens with zero attached hydrogens (tertiary/aromatic N) is 2. The van der Waals surface area contributed by atoms with Gasteiger partial charge >= 0.3 is 0 Å². The summed E-state index contributed by atoms with van der Waals surface area (Å²) >= 11 is 0. The molecule has 1 aliphatic heterocycles. The van der Waals surface area contributed by atoms with Gasteiger partial charge < -0.3 is 25.4 Å². The molecule has 3 aromatic rings. The van der Waals surface area contributed by atoms with Crippen molar-refractivity contribution in [2.45, 2.75) is 82.7 Å². The van der Waals surface area contributed by atoms with Crippen LogP contribution in [0.1, 0.15) is 65.6 Å². The molecule has 2 atom stereocenters. The molecule has 0 bridgehead atoms. The van der Waals surface area contributed by atoms with Crippen LogP contribution in [0.3, 0.4) is 0 Å². The Morgan fingerprint density at radius 3 is 2.23 bits per heavy atom. The number of piperidine rings is 1. The molecule has 1 unspecified atom stereocenters. The van der Waals surface area contributed by atoms with Crippen LogP contribution in [-0.2, 0) is 17.9 Å². The van der Waals surface area contributed by atoms with E-state index < -0.39 is 6.04 Å². The van der Waals surface area contributed by atoms with E-state index in [9.17, 15) is 9.59 Å². The molecule has 3 N–H and O–H groups in total. The highest BCUT2D eigenvalue weighted by Gasteiger charge is 2.39. The predicted octanol–water partition coefficient (Wildman–Crippen LogP) is 5.07. The summed E-state index contributed by atoms with van der Waals surface area (Å²) in [7, 11) is 3.35. The predicted molar refractivity (Wildman–Crippen MR) is 173 cm³/mol. The van der Waals surface area contributed by atoms with Gasteiger partial charge in [-0.15, -0.1) is 0 Å². The SMILES string of the molecule is COc1ccc(CN(Cc2cccc(OC)c2)C2CCN(C(=O)c3ccc(C)cc3)[C@@H](C(=O)NC3CCC(N)CC3)C2)cc1. The number of likely N-dealkylation sites (tertiary alicyclic amines) is 1. The van der Waals surface area contributed by atoms with Crippen molar-refractivity contribution in [2.75, 3.05) is 20.8 Å². The number of benzene rings is 3. The van der Waals surface area contributed by atoms with E-state index in [1.807, 2.05) is 55.5 Å². The number of aryl methyl sites for hydroxylation is 1. The second kappa shape index (κ2) is 14.7. The minimum atomic E-state index is -0.568. The van der Waals surface area contributed by atoms with Crippen molar-refractivity contribution >= 4 is 11.8 Å². The zero-order valence-electron chi connectivity index (χ0n) is 26.2. The lowest BCUT2D eigenvalue weighted by Crippen LogP contribution is -2.58. The minimum absolute atomic E-state index is 0.0681. The summed E-state index contributed by atoms with van der Waals surface area (Å²) in [6.07, 6.45) is 4.86. The van der Waals surface area contributed by atoms with Crippen molar-refractivity contribution in [3.8, 4) is 11.5 Å². The smallest absolute Gasteiger partial charge is 0.254 e. The van der Waals surface area contributed by atoms with Gasteiger partial charge in [0.25, 0.3) is 5.91 Å². The lowest BCUT2D eigenvalue weighted by atomic mass is 9.90. The van der Waals surface area contributed by atoms with E-state index in [1.165, 1.54) is 0 Å². The molecule has 8 heteroatoms. The number of nitrogens with one attached hydrogen (secondary N) is 1. The van der Waals surface area contributed by atoms with Gasteiger partial charge in [-0.3, -0.25) is 14.5 Å². The van der Waals surface area contributed by atoms with Crippen LogP contribution < -0.4 is 20.5 Å². The fourth-order valence-electron chi connectivity index (χ4n) is 6.48. The van der Waals surface area contributed by atoms with E-state index >= 15 is 0 Å². The number of carbonyl (C=O) groups is 2. The van der Waals surface area contributed by atoms with Crippen LogP contribution >= 0.6 is 0 Å². The Morgan fingerprint density at radius 2 is 1.55 bits per heavy atom. The van der Waals surface area contributed by atoms with E-state index in [2.05, 4.69) is 34.5 Å². The largest absolute Gasteiger partial charge is 0.497 e. The fraction of sp³-hybridized carbons (Fsp3) is 0.444. The third kappa shape index (κ3) is 7.98. The molecule has 234 valence electrons. The van der Waals surface area contributed by atoms with Gasteiger partial charge in [-0.25, -0.2) is 0 Å². The number of ether oxygens (including phenoxy) is 2. The molecule has 2 amide bonds. The molecule has 5 rings (SSSR count). The van der Waals surface area contributed by atoms with Crippen molar-refractivity contribution in [3.05, 3.63) is 95.1 Å². The van der Waals surface area contributed by atoms with Crippen molar-refractivity contribution in [2.24, 2.45) is 5.73 Å². The summed E-state index contributed by atoms with van der Waals surface area (Å²) in [5, 5.41) is 3.30. The quantitative estimate of drug-likeness (QED) is 0.338. The van der Waals surface area contributed by atoms with Crippen molar-refractivity contribution in [1.82, 2.24) is 15.1 Å². The molecular weight excluding hydrogens is 552 g/mol. The number of hydrogen-bond donors (Lipinski definition) is 2. The monoisotopic (exact) mass is 598 g/mol. The Kier molecular flexibility index (Phi) is 10.6. The summed E-state index contributed by atoms with van der Waals surface area (Å²) in [5.74, 6) is 1.47. The van der Waals surface area contributed by atoms with E-state index in [1.54, 1.807) is 19.1 Å². The highest BCUT2D eigenvalue weighted by atomic mass is 16.5. The molecule has 0 radical (unpaired) electrons. The van der Waals surface area contributed by atoms with Crippen LogP contribution in [0.25, 0.3) is 0 Å². The van der Waals surface area contributed by atoms with Crippen LogP contribution in [0.15, 0.2) is 72.8 Å². The molecule has 1 heterocycles. The van der Waals surface area contributed by atoms with E-state index in [-0.39, 0.29) is 29.9 Å². The average molecular weight is 599 g/mol. The summed E-state index contributed by atoms with van der Waals surface area (Å²) in [6.45, 7) is 3.90. The molecule has 44 heavy (non-hydrogen) atoms. The summed E-state index contributed by atoms with van der Waals surface area (Å²) in [6, 6.07) is 23.7. The number of carbonyl (C=O) groups excluding carboxylic acids is 2. The summed E-state index contributed by atoms with van der Waals surface area (Å²) in [5.41, 5.74) is 10.1. The summed E-state index contributed by atoms with van der Waals surface area (Å²) in [4.78, 5) is 32.1. The Labute approximate surface area is 261 Å². The second-order valence-electron chi connectivity index (χ2n) is 12.3. The van der Waals surface area contributed by atoms with Crippen LogP contribution in [0.5, 0.6) is 11.5 Å². The van der Waals surface area contributed by atoms with Gasteiger partial charge in [-0.1, -0.05) is 42.0 Å². The number of amides is 2. The highest BCUT2D eigenvalue weighted by molar-refractivity contribution is 5.97. The lowest BCUT2D eigenvalue weighted by molar-refractivity contribution is -0.128. The van der Waals surface area contributed by atoms with Gasteiger partial charge in [-0.05, 0) is 93.0 Å². The van der Waals surface area contributed by atoms with Crippen LogP contribution in [-0.4, -0.2) is 66.5 Å². The Hall–Kier alpha value is -3.88. The Balaban J connectivity index is 1.41. The maximum atomic E-state index is 14.0. The molecule has 2 fully saturated rings. The van der Waals surface area contributed by atoms with E-state index in [0.29, 0.717) is 31.6 Å². The first-order valence-corrected chi connectivity index (χ1v) is 15.8. The van der Waals surface area contributed by atoms with Gasteiger partial charge in [0.1, 0.15) is 17.5 Å². The maximum absolute atomic E-state index is 14.0. The first-order chi connectivity index (χ1) is 21.3. The maximum Gasteiger partial charge on any atom is 0.254 e. The molecular formula is C36H46N4O4. The highest BCUT2D eigenvalue weighted by Crippen LogP contribution is 2.29. The molecule has 0 spiro atoms. The van der Waals surface area contributed by atoms with E-state index in [4.69, 9.17) is 15.2 Å². The third-order valence-corrected chi connectivity index (χ3v) is 9.14. The van der Waals surface area contributed by atoms with Crippen LogP contribution in [0, 0.1) is 6.92 Å². The average Bonchev–Trinajstić information content (AvgIpc) is 3.05. The van der Waals surface area contributed by atoms with Crippen LogP contribution in [0.4, 0.5) is 0 Å². The fourth-order valence-corrected chi connectivity index (χ4v) is 6.48. The van der Waals surface area contributed by atoms with Crippen LogP contribution in [0.2, 0.25) is 0 Å². The first-order valence-electron chi connectivity index (χ1n) is 15.8. The third-order valence-electron chi connectivity index (χ3n) is 9.14. The topological polar surface area (TPSA) is 97.1 Å². The van der Waals surface area contributed by atoms with E-state index in [0.717, 1.165) is 60.3 Å². The van der Waals surface area contributed by atoms with Gasteiger partial charge in [-0.2, -0.15) is 0 Å². The normalized spacial score (nSPS) is 22.0. The number of rotatable bonds is 10. The van der Waals surface area contributed by atoms with Crippen molar-refractivity contribution < 1.29 is 19.1 Å². The molecule has 3 aromatic carbocycles. The Bertz CT molecular complexity index is 1390. The van der Waals surface area contributed by atoms with Crippen molar-refractivity contribution in [3.63, 3.8) is 0 Å². The molecule has 8 nitrogen and oxygen atoms in total. The molecule has 1 saturated carbocycles. The minimum Gasteiger partial charge on any atom is -0.497 e. The zero-order chi connectivity index (χ0) is 31.1. The second-order valence-corrected chi connectivity index (χ2v) is 12.3. The Morgan fingerprint density at radius 1 is 0.864 bits per heavy atom. The lowest BCUT2D eigenvalue weighted by Gasteiger charge is -2.43. The molecule has 2 aliphatic rings. The standard InChI is InChI=1S/C36H46N4O4/c1-25-7-11-28(12-8-25)36(42)40-20-19-31(22-34(40)35(41)38-30-15-13-29(37)14-16-30)39(23-26-9-17-32(43-2)18-10-26)24-27-5-4-6-33(21-27)44-3/h4-12,17-18,21,29-31,34H,13-16,19-20,22-24,37H2,1-3H3,(H,38,41)/t29?,30?,31?,34-/m1/s1. The van der Waals surface area contributed by atoms with Gasteiger partial charge in [0.2, 0.25) is 5.91 Å². The molecule has 1 aliphatic carbocycles. The molecule has 1 saturated heterocycles. The van der Waals surface area contributed by atoms with Gasteiger partial charge in [0, 0.05) is 43.3 Å². The van der Waals surface area contributed by atoms with Gasteiger partial charge in [0.15, 0.2) is 0 Å². The van der Waals surface area contributed by atoms with Crippen molar-refractivity contribution in [1.29, 1.82) is 0 Å². The number of methoxy groups -OCH3 is 2.